The van der Waals surface area contributed by atoms with Crippen molar-refractivity contribution in [3.63, 3.8) is 0 Å². The Kier molecular flexibility index (Phi) is 4.19. The molecule has 6 atom stereocenters. The number of ether oxygens (including phenoxy) is 1. The molecule has 0 aromatic carbocycles. The topological polar surface area (TPSA) is 148 Å². The van der Waals surface area contributed by atoms with Crippen molar-refractivity contribution in [2.45, 2.75) is 36.6 Å². The molecule has 1 rings (SSSR count). The fourth-order valence-corrected chi connectivity index (χ4v) is 1.53. The number of carboxylic acid groups (broad SMARTS) is 1. The van der Waals surface area contributed by atoms with Crippen LogP contribution in [0.5, 0.6) is 0 Å². The first-order valence-corrected chi connectivity index (χ1v) is 4.61. The molecule has 0 aromatic rings. The van der Waals surface area contributed by atoms with E-state index in [9.17, 15) is 25.2 Å². The van der Waals surface area contributed by atoms with Crippen LogP contribution in [0.1, 0.15) is 0 Å². The lowest BCUT2D eigenvalue weighted by atomic mass is 9.92. The summed E-state index contributed by atoms with van der Waals surface area (Å²) in [6.45, 7) is -0.673. The van der Waals surface area contributed by atoms with E-state index in [-0.39, 0.29) is 0 Å². The summed E-state index contributed by atoms with van der Waals surface area (Å²) in [4.78, 5) is 10.5. The van der Waals surface area contributed by atoms with Crippen molar-refractivity contribution < 1.29 is 40.2 Å². The molecule has 1 fully saturated rings. The second kappa shape index (κ2) is 5.04. The van der Waals surface area contributed by atoms with Crippen LogP contribution >= 0.6 is 0 Å². The van der Waals surface area contributed by atoms with E-state index < -0.39 is 49.2 Å². The highest BCUT2D eigenvalue weighted by Crippen LogP contribution is 2.23. The van der Waals surface area contributed by atoms with Crippen molar-refractivity contribution in [1.82, 2.24) is 0 Å². The van der Waals surface area contributed by atoms with Crippen LogP contribution in [0.4, 0.5) is 0 Å². The Hall–Kier alpha value is -0.770. The highest BCUT2D eigenvalue weighted by molar-refractivity contribution is 5.72. The molecule has 0 bridgehead atoms. The normalized spacial score (nSPS) is 41.7. The summed E-state index contributed by atoms with van der Waals surface area (Å²) in [5.74, 6) is -1.63. The van der Waals surface area contributed by atoms with Crippen LogP contribution in [0.25, 0.3) is 0 Å². The maximum Gasteiger partial charge on any atom is 0.335 e. The predicted molar refractivity (Wildman–Crippen MR) is 47.4 cm³/mol. The van der Waals surface area contributed by atoms with Gasteiger partial charge in [0.2, 0.25) is 0 Å². The molecule has 1 unspecified atom stereocenters. The van der Waals surface area contributed by atoms with Crippen LogP contribution in [-0.2, 0) is 9.53 Å². The summed E-state index contributed by atoms with van der Waals surface area (Å²) in [5, 5.41) is 54.6. The lowest BCUT2D eigenvalue weighted by molar-refractivity contribution is -0.249. The second-order valence-electron chi connectivity index (χ2n) is 3.58. The second-order valence-corrected chi connectivity index (χ2v) is 3.58. The fraction of sp³-hybridized carbons (Fsp3) is 0.875. The minimum absolute atomic E-state index is 0.673. The number of carbonyl (C=O) groups is 1. The van der Waals surface area contributed by atoms with E-state index in [0.717, 1.165) is 0 Å². The van der Waals surface area contributed by atoms with Gasteiger partial charge in [0.1, 0.15) is 30.5 Å². The van der Waals surface area contributed by atoms with Crippen LogP contribution in [-0.4, -0.2) is 79.8 Å². The Morgan fingerprint density at radius 3 is 2.19 bits per heavy atom. The molecule has 0 aromatic heterocycles. The Morgan fingerprint density at radius 2 is 1.75 bits per heavy atom. The summed E-state index contributed by atoms with van der Waals surface area (Å²) in [6, 6.07) is 0. The molecular weight excluding hydrogens is 224 g/mol. The Morgan fingerprint density at radius 1 is 1.19 bits per heavy atom. The Labute approximate surface area is 90.3 Å². The van der Waals surface area contributed by atoms with Crippen molar-refractivity contribution in [2.75, 3.05) is 6.61 Å². The Balaban J connectivity index is 2.82. The standard InChI is InChI=1S/C8H14O8/c9-1-2-3(10)4(11)5(12)7(16-2)6(13)8(14)15/h2-7,9-13H,1H2,(H,14,15)/t2-,3-,4+,5+,6?,7+/m1/s1. The maximum atomic E-state index is 10.5. The zero-order valence-corrected chi connectivity index (χ0v) is 8.17. The molecule has 94 valence electrons. The molecule has 0 amide bonds. The molecule has 8 heteroatoms. The highest BCUT2D eigenvalue weighted by atomic mass is 16.6. The third kappa shape index (κ3) is 2.32. The van der Waals surface area contributed by atoms with E-state index >= 15 is 0 Å². The van der Waals surface area contributed by atoms with Crippen molar-refractivity contribution in [2.24, 2.45) is 0 Å². The van der Waals surface area contributed by atoms with Gasteiger partial charge in [0.05, 0.1) is 6.61 Å². The zero-order chi connectivity index (χ0) is 12.5. The van der Waals surface area contributed by atoms with Gasteiger partial charge in [-0.25, -0.2) is 4.79 Å². The lowest BCUT2D eigenvalue weighted by Crippen LogP contribution is -2.62. The molecule has 0 radical (unpaired) electrons. The smallest absolute Gasteiger partial charge is 0.335 e. The largest absolute Gasteiger partial charge is 0.479 e. The van der Waals surface area contributed by atoms with Crippen molar-refractivity contribution in [1.29, 1.82) is 0 Å². The summed E-state index contributed by atoms with van der Waals surface area (Å²) >= 11 is 0. The van der Waals surface area contributed by atoms with Crippen molar-refractivity contribution in [3.8, 4) is 0 Å². The molecule has 0 saturated carbocycles. The number of carboxylic acids is 1. The molecule has 1 heterocycles. The predicted octanol–water partition coefficient (Wildman–Crippen LogP) is -3.73. The van der Waals surface area contributed by atoms with Crippen LogP contribution < -0.4 is 0 Å². The number of aliphatic hydroxyl groups excluding tert-OH is 5. The van der Waals surface area contributed by atoms with E-state index in [1.54, 1.807) is 0 Å². The van der Waals surface area contributed by atoms with E-state index in [0.29, 0.717) is 0 Å². The number of hydrogen-bond donors (Lipinski definition) is 6. The van der Waals surface area contributed by atoms with Crippen LogP contribution in [0.3, 0.4) is 0 Å². The first kappa shape index (κ1) is 13.3. The number of rotatable bonds is 3. The molecule has 6 N–H and O–H groups in total. The van der Waals surface area contributed by atoms with Crippen LogP contribution in [0.15, 0.2) is 0 Å². The van der Waals surface area contributed by atoms with Gasteiger partial charge < -0.3 is 35.4 Å². The molecule has 8 nitrogen and oxygen atoms in total. The van der Waals surface area contributed by atoms with E-state index in [1.807, 2.05) is 0 Å². The van der Waals surface area contributed by atoms with Gasteiger partial charge in [-0.1, -0.05) is 0 Å². The first-order valence-electron chi connectivity index (χ1n) is 4.61. The van der Waals surface area contributed by atoms with E-state index in [1.165, 1.54) is 0 Å². The van der Waals surface area contributed by atoms with Gasteiger partial charge in [0, 0.05) is 0 Å². The monoisotopic (exact) mass is 238 g/mol. The lowest BCUT2D eigenvalue weighted by Gasteiger charge is -2.40. The summed E-state index contributed by atoms with van der Waals surface area (Å²) in [6.07, 6.45) is -9.89. The molecule has 1 aliphatic rings. The van der Waals surface area contributed by atoms with Gasteiger partial charge in [0.15, 0.2) is 6.10 Å². The summed E-state index contributed by atoms with van der Waals surface area (Å²) in [5.41, 5.74) is 0. The van der Waals surface area contributed by atoms with Gasteiger partial charge >= 0.3 is 5.97 Å². The number of aliphatic hydroxyl groups is 5. The molecule has 0 aliphatic carbocycles. The molecule has 0 spiro atoms. The third-order valence-electron chi connectivity index (χ3n) is 2.49. The number of aliphatic carboxylic acids is 1. The summed E-state index contributed by atoms with van der Waals surface area (Å²) in [7, 11) is 0. The van der Waals surface area contributed by atoms with Crippen molar-refractivity contribution in [3.05, 3.63) is 0 Å². The van der Waals surface area contributed by atoms with Crippen LogP contribution in [0, 0.1) is 0 Å². The average molecular weight is 238 g/mol. The molecular formula is C8H14O8. The van der Waals surface area contributed by atoms with E-state index in [2.05, 4.69) is 0 Å². The third-order valence-corrected chi connectivity index (χ3v) is 2.49. The van der Waals surface area contributed by atoms with Gasteiger partial charge in [-0.3, -0.25) is 0 Å². The minimum atomic E-state index is -2.05. The maximum absolute atomic E-state index is 10.5. The zero-order valence-electron chi connectivity index (χ0n) is 8.17. The SMILES string of the molecule is O=C(O)C(O)[C@H]1O[C@H](CO)[C@@H](O)[C@H](O)[C@@H]1O. The highest BCUT2D eigenvalue weighted by Gasteiger charge is 2.47. The first-order chi connectivity index (χ1) is 7.40. The molecule has 1 saturated heterocycles. The molecule has 1 aliphatic heterocycles. The minimum Gasteiger partial charge on any atom is -0.479 e. The average Bonchev–Trinajstić information content (AvgIpc) is 2.25. The van der Waals surface area contributed by atoms with Gasteiger partial charge in [-0.05, 0) is 0 Å². The quantitative estimate of drug-likeness (QED) is 0.294. The van der Waals surface area contributed by atoms with Gasteiger partial charge in [-0.2, -0.15) is 0 Å². The van der Waals surface area contributed by atoms with Gasteiger partial charge in [0.25, 0.3) is 0 Å². The van der Waals surface area contributed by atoms with Crippen molar-refractivity contribution >= 4 is 5.97 Å². The Bertz CT molecular complexity index is 254. The van der Waals surface area contributed by atoms with Crippen LogP contribution in [0.2, 0.25) is 0 Å². The molecule has 16 heavy (non-hydrogen) atoms. The number of hydrogen-bond acceptors (Lipinski definition) is 7. The van der Waals surface area contributed by atoms with E-state index in [4.69, 9.17) is 14.9 Å². The van der Waals surface area contributed by atoms with Gasteiger partial charge in [-0.15, -0.1) is 0 Å². The summed E-state index contributed by atoms with van der Waals surface area (Å²) < 4.78 is 4.81. The fourth-order valence-electron chi connectivity index (χ4n) is 1.53.